The number of anilines is 1. The van der Waals surface area contributed by atoms with Gasteiger partial charge in [0.25, 0.3) is 0 Å². The third-order valence-electron chi connectivity index (χ3n) is 3.01. The lowest BCUT2D eigenvalue weighted by Crippen LogP contribution is -2.30. The molecule has 6 nitrogen and oxygen atoms in total. The predicted molar refractivity (Wildman–Crippen MR) is 81.9 cm³/mol. The van der Waals surface area contributed by atoms with Gasteiger partial charge in [0.05, 0.1) is 18.2 Å². The first-order chi connectivity index (χ1) is 9.86. The first-order valence-corrected chi connectivity index (χ1v) is 6.93. The molecule has 21 heavy (non-hydrogen) atoms. The number of aliphatic carboxylic acids is 1. The maximum Gasteiger partial charge on any atom is 0.328 e. The topological polar surface area (TPSA) is 82.2 Å². The largest absolute Gasteiger partial charge is 0.478 e. The summed E-state index contributed by atoms with van der Waals surface area (Å²) in [5, 5.41) is 22.0. The zero-order chi connectivity index (χ0) is 16.0. The lowest BCUT2D eigenvalue weighted by molar-refractivity contribution is -0.131. The Kier molecular flexibility index (Phi) is 5.97. The van der Waals surface area contributed by atoms with E-state index in [1.165, 1.54) is 0 Å². The molecule has 0 saturated heterocycles. The van der Waals surface area contributed by atoms with Crippen molar-refractivity contribution in [1.29, 1.82) is 5.26 Å². The summed E-state index contributed by atoms with van der Waals surface area (Å²) in [7, 11) is 1.83. The van der Waals surface area contributed by atoms with Gasteiger partial charge in [-0.15, -0.1) is 0 Å². The van der Waals surface area contributed by atoms with Crippen molar-refractivity contribution in [3.63, 3.8) is 0 Å². The van der Waals surface area contributed by atoms with Crippen molar-refractivity contribution < 1.29 is 9.90 Å². The Morgan fingerprint density at radius 3 is 2.76 bits per heavy atom. The number of aryl methyl sites for hydroxylation is 2. The maximum atomic E-state index is 10.8. The zero-order valence-electron chi connectivity index (χ0n) is 13.0. The van der Waals surface area contributed by atoms with Crippen LogP contribution in [0.3, 0.4) is 0 Å². The molecule has 1 heterocycles. The zero-order valence-corrected chi connectivity index (χ0v) is 13.0. The summed E-state index contributed by atoms with van der Waals surface area (Å²) >= 11 is 0. The number of nitrogens with zero attached hydrogens (tertiary/aromatic N) is 4. The summed E-state index contributed by atoms with van der Waals surface area (Å²) in [6.07, 6.45) is 3.10. The summed E-state index contributed by atoms with van der Waals surface area (Å²) in [5.41, 5.74) is 1.56. The quantitative estimate of drug-likeness (QED) is 0.778. The van der Waals surface area contributed by atoms with Gasteiger partial charge in [0.1, 0.15) is 5.82 Å². The van der Waals surface area contributed by atoms with E-state index in [9.17, 15) is 4.79 Å². The van der Waals surface area contributed by atoms with Gasteiger partial charge in [0.2, 0.25) is 0 Å². The van der Waals surface area contributed by atoms with Gasteiger partial charge in [-0.25, -0.2) is 4.79 Å². The fourth-order valence-electron chi connectivity index (χ4n) is 2.30. The number of carboxylic acids is 1. The summed E-state index contributed by atoms with van der Waals surface area (Å²) < 4.78 is 1.75. The summed E-state index contributed by atoms with van der Waals surface area (Å²) in [6, 6.07) is 2.15. The van der Waals surface area contributed by atoms with Crippen LogP contribution in [0.25, 0.3) is 6.08 Å². The first-order valence-electron chi connectivity index (χ1n) is 6.93. The highest BCUT2D eigenvalue weighted by atomic mass is 16.4. The Morgan fingerprint density at radius 1 is 1.57 bits per heavy atom. The van der Waals surface area contributed by atoms with Crippen LogP contribution in [0.15, 0.2) is 6.08 Å². The molecule has 0 aliphatic rings. The molecule has 0 aliphatic carbocycles. The smallest absolute Gasteiger partial charge is 0.328 e. The molecular formula is C15H22N4O2. The van der Waals surface area contributed by atoms with E-state index in [2.05, 4.69) is 29.9 Å². The third kappa shape index (κ3) is 4.63. The molecule has 1 aromatic heterocycles. The molecule has 114 valence electrons. The van der Waals surface area contributed by atoms with Crippen LogP contribution in [0, 0.1) is 24.2 Å². The van der Waals surface area contributed by atoms with Crippen LogP contribution in [-0.2, 0) is 11.8 Å². The Balaban J connectivity index is 3.22. The number of hydrogen-bond donors (Lipinski definition) is 1. The van der Waals surface area contributed by atoms with Crippen LogP contribution in [0.4, 0.5) is 5.82 Å². The van der Waals surface area contributed by atoms with Crippen molar-refractivity contribution in [2.75, 3.05) is 18.0 Å². The summed E-state index contributed by atoms with van der Waals surface area (Å²) in [4.78, 5) is 12.8. The van der Waals surface area contributed by atoms with Crippen molar-refractivity contribution in [3.8, 4) is 6.07 Å². The van der Waals surface area contributed by atoms with E-state index in [0.29, 0.717) is 18.9 Å². The van der Waals surface area contributed by atoms with E-state index in [4.69, 9.17) is 10.4 Å². The van der Waals surface area contributed by atoms with E-state index in [-0.39, 0.29) is 0 Å². The van der Waals surface area contributed by atoms with E-state index in [1.807, 2.05) is 14.0 Å². The standard InChI is InChI=1S/C15H22N4O2/c1-11(2)10-19(9-5-8-16)15-13(6-7-14(20)21)12(3)17-18(15)4/h6-7,11H,5,9-10H2,1-4H3,(H,20,21). The molecule has 6 heteroatoms. The van der Waals surface area contributed by atoms with Gasteiger partial charge in [0.15, 0.2) is 0 Å². The first kappa shape index (κ1) is 16.8. The number of carboxylic acid groups (broad SMARTS) is 1. The molecule has 0 radical (unpaired) electrons. The van der Waals surface area contributed by atoms with Gasteiger partial charge < -0.3 is 10.0 Å². The average Bonchev–Trinajstić information content (AvgIpc) is 2.66. The van der Waals surface area contributed by atoms with Crippen molar-refractivity contribution in [2.45, 2.75) is 27.2 Å². The van der Waals surface area contributed by atoms with E-state index < -0.39 is 5.97 Å². The van der Waals surface area contributed by atoms with Crippen LogP contribution >= 0.6 is 0 Å². The molecule has 0 bridgehead atoms. The van der Waals surface area contributed by atoms with Crippen molar-refractivity contribution in [3.05, 3.63) is 17.3 Å². The molecule has 1 N–H and O–H groups in total. The summed E-state index contributed by atoms with van der Waals surface area (Å²) in [6.45, 7) is 7.45. The Morgan fingerprint density at radius 2 is 2.24 bits per heavy atom. The molecule has 0 aromatic carbocycles. The van der Waals surface area contributed by atoms with Crippen LogP contribution < -0.4 is 4.90 Å². The SMILES string of the molecule is Cc1nn(C)c(N(CCC#N)CC(C)C)c1C=CC(=O)O. The van der Waals surface area contributed by atoms with Crippen molar-refractivity contribution in [2.24, 2.45) is 13.0 Å². The molecule has 0 unspecified atom stereocenters. The molecule has 0 amide bonds. The monoisotopic (exact) mass is 290 g/mol. The second-order valence-corrected chi connectivity index (χ2v) is 5.37. The van der Waals surface area contributed by atoms with E-state index in [0.717, 1.165) is 29.7 Å². The molecule has 0 spiro atoms. The van der Waals surface area contributed by atoms with E-state index >= 15 is 0 Å². The van der Waals surface area contributed by atoms with Gasteiger partial charge in [-0.1, -0.05) is 13.8 Å². The fourth-order valence-corrected chi connectivity index (χ4v) is 2.30. The minimum absolute atomic E-state index is 0.416. The average molecular weight is 290 g/mol. The lowest BCUT2D eigenvalue weighted by Gasteiger charge is -2.26. The molecule has 0 aliphatic heterocycles. The van der Waals surface area contributed by atoms with Crippen LogP contribution in [0.5, 0.6) is 0 Å². The molecule has 1 aromatic rings. The highest BCUT2D eigenvalue weighted by molar-refractivity contribution is 5.87. The minimum Gasteiger partial charge on any atom is -0.478 e. The van der Waals surface area contributed by atoms with Gasteiger partial charge in [0, 0.05) is 31.8 Å². The van der Waals surface area contributed by atoms with Gasteiger partial charge in [-0.2, -0.15) is 10.4 Å². The van der Waals surface area contributed by atoms with Crippen LogP contribution in [0.1, 0.15) is 31.5 Å². The minimum atomic E-state index is -0.989. The number of carbonyl (C=O) groups is 1. The van der Waals surface area contributed by atoms with E-state index in [1.54, 1.807) is 10.8 Å². The maximum absolute atomic E-state index is 10.8. The van der Waals surface area contributed by atoms with Gasteiger partial charge in [-0.3, -0.25) is 4.68 Å². The fraction of sp³-hybridized carbons (Fsp3) is 0.533. The molecule has 0 fully saturated rings. The number of hydrogen-bond acceptors (Lipinski definition) is 4. The van der Waals surface area contributed by atoms with Crippen molar-refractivity contribution in [1.82, 2.24) is 9.78 Å². The van der Waals surface area contributed by atoms with Crippen LogP contribution in [0.2, 0.25) is 0 Å². The molecular weight excluding hydrogens is 268 g/mol. The Labute approximate surface area is 125 Å². The highest BCUT2D eigenvalue weighted by Gasteiger charge is 2.18. The normalized spacial score (nSPS) is 11.0. The summed E-state index contributed by atoms with van der Waals surface area (Å²) in [5.74, 6) is 0.292. The second kappa shape index (κ2) is 7.48. The third-order valence-corrected chi connectivity index (χ3v) is 3.01. The van der Waals surface area contributed by atoms with Gasteiger partial charge in [-0.05, 0) is 18.9 Å². The highest BCUT2D eigenvalue weighted by Crippen LogP contribution is 2.25. The number of aromatic nitrogens is 2. The number of rotatable bonds is 7. The van der Waals surface area contributed by atoms with Crippen LogP contribution in [-0.4, -0.2) is 33.9 Å². The predicted octanol–water partition coefficient (Wildman–Crippen LogP) is 2.20. The molecule has 1 rings (SSSR count). The number of nitriles is 1. The molecule has 0 saturated carbocycles. The van der Waals surface area contributed by atoms with Gasteiger partial charge >= 0.3 is 5.97 Å². The Bertz CT molecular complexity index is 567. The lowest BCUT2D eigenvalue weighted by atomic mass is 10.1. The Hall–Kier alpha value is -2.29. The molecule has 0 atom stereocenters. The second-order valence-electron chi connectivity index (χ2n) is 5.37. The van der Waals surface area contributed by atoms with Crippen molar-refractivity contribution >= 4 is 17.9 Å².